The Morgan fingerprint density at radius 3 is 3.27 bits per heavy atom. The summed E-state index contributed by atoms with van der Waals surface area (Å²) in [5.74, 6) is 0.603. The molecule has 0 radical (unpaired) electrons. The Kier molecular flexibility index (Phi) is 1.09. The first-order valence-electron chi connectivity index (χ1n) is 3.26. The third-order valence-electron chi connectivity index (χ3n) is 1.49. The van der Waals surface area contributed by atoms with E-state index in [1.807, 2.05) is 0 Å². The summed E-state index contributed by atoms with van der Waals surface area (Å²) in [6.07, 6.45) is 0.440. The molecule has 0 atom stereocenters. The molecule has 1 aliphatic rings. The fourth-order valence-corrected chi connectivity index (χ4v) is 1.00. The number of hydrogen-bond acceptors (Lipinski definition) is 4. The average Bonchev–Trinajstić information content (AvgIpc) is 2.27. The van der Waals surface area contributed by atoms with E-state index in [9.17, 15) is 4.79 Å². The highest BCUT2D eigenvalue weighted by molar-refractivity contribution is 5.90. The first-order chi connectivity index (χ1) is 5.25. The zero-order valence-corrected chi connectivity index (χ0v) is 5.74. The van der Waals surface area contributed by atoms with Gasteiger partial charge in [-0.25, -0.2) is 4.68 Å². The van der Waals surface area contributed by atoms with E-state index < -0.39 is 0 Å². The zero-order chi connectivity index (χ0) is 7.84. The van der Waals surface area contributed by atoms with Crippen molar-refractivity contribution in [1.82, 2.24) is 14.8 Å². The molecule has 3 N–H and O–H groups in total. The predicted octanol–water partition coefficient (Wildman–Crippen LogP) is -0.798. The first kappa shape index (κ1) is 6.14. The van der Waals surface area contributed by atoms with Crippen LogP contribution in [-0.4, -0.2) is 20.7 Å². The number of rotatable bonds is 0. The van der Waals surface area contributed by atoms with Gasteiger partial charge in [-0.2, -0.15) is 4.98 Å². The molecule has 1 aliphatic heterocycles. The van der Waals surface area contributed by atoms with Crippen molar-refractivity contribution in [2.45, 2.75) is 13.0 Å². The molecule has 1 aromatic rings. The summed E-state index contributed by atoms with van der Waals surface area (Å²) in [7, 11) is 0. The molecule has 6 nitrogen and oxygen atoms in total. The maximum Gasteiger partial charge on any atom is 0.241 e. The minimum absolute atomic E-state index is 0.0371. The molecule has 6 heteroatoms. The van der Waals surface area contributed by atoms with Crippen LogP contribution in [0.1, 0.15) is 6.42 Å². The lowest BCUT2D eigenvalue weighted by Crippen LogP contribution is -2.23. The van der Waals surface area contributed by atoms with Gasteiger partial charge in [0.15, 0.2) is 0 Å². The number of anilines is 2. The fraction of sp³-hybridized carbons (Fsp3) is 0.400. The summed E-state index contributed by atoms with van der Waals surface area (Å²) in [5, 5.41) is 6.41. The molecule has 0 unspecified atom stereocenters. The van der Waals surface area contributed by atoms with E-state index in [1.54, 1.807) is 4.68 Å². The molecule has 58 valence electrons. The van der Waals surface area contributed by atoms with Crippen molar-refractivity contribution in [2.75, 3.05) is 11.1 Å². The van der Waals surface area contributed by atoms with Crippen LogP contribution in [-0.2, 0) is 11.3 Å². The van der Waals surface area contributed by atoms with Gasteiger partial charge in [-0.15, -0.1) is 5.10 Å². The molecular formula is C5H7N5O. The zero-order valence-electron chi connectivity index (χ0n) is 5.74. The molecule has 1 amide bonds. The summed E-state index contributed by atoms with van der Waals surface area (Å²) >= 11 is 0. The van der Waals surface area contributed by atoms with Crippen molar-refractivity contribution in [2.24, 2.45) is 0 Å². The summed E-state index contributed by atoms with van der Waals surface area (Å²) in [4.78, 5) is 14.6. The highest BCUT2D eigenvalue weighted by Crippen LogP contribution is 2.11. The molecule has 0 spiro atoms. The van der Waals surface area contributed by atoms with Gasteiger partial charge in [0.2, 0.25) is 17.8 Å². The number of aromatic nitrogens is 3. The van der Waals surface area contributed by atoms with Crippen LogP contribution in [0.4, 0.5) is 11.9 Å². The number of hydrogen-bond donors (Lipinski definition) is 2. The van der Waals surface area contributed by atoms with Gasteiger partial charge in [-0.05, 0) is 0 Å². The van der Waals surface area contributed by atoms with Gasteiger partial charge >= 0.3 is 0 Å². The van der Waals surface area contributed by atoms with Gasteiger partial charge in [0.05, 0.1) is 6.54 Å². The van der Waals surface area contributed by atoms with Crippen molar-refractivity contribution >= 4 is 17.8 Å². The topological polar surface area (TPSA) is 85.8 Å². The largest absolute Gasteiger partial charge is 0.366 e. The number of amides is 1. The van der Waals surface area contributed by atoms with Crippen LogP contribution in [0.2, 0.25) is 0 Å². The third kappa shape index (κ3) is 0.917. The lowest BCUT2D eigenvalue weighted by atomic mass is 10.4. The molecule has 0 saturated heterocycles. The lowest BCUT2D eigenvalue weighted by molar-refractivity contribution is -0.117. The number of carbonyl (C=O) groups excluding carboxylic acids is 1. The summed E-state index contributed by atoms with van der Waals surface area (Å²) < 4.78 is 1.58. The van der Waals surface area contributed by atoms with Crippen molar-refractivity contribution in [3.8, 4) is 0 Å². The second-order valence-corrected chi connectivity index (χ2v) is 2.31. The van der Waals surface area contributed by atoms with Gasteiger partial charge in [0, 0.05) is 6.42 Å². The molecule has 11 heavy (non-hydrogen) atoms. The monoisotopic (exact) mass is 153 g/mol. The molecule has 0 fully saturated rings. The van der Waals surface area contributed by atoms with Crippen LogP contribution in [0.5, 0.6) is 0 Å². The normalized spacial score (nSPS) is 15.8. The smallest absolute Gasteiger partial charge is 0.241 e. The Balaban J connectivity index is 2.41. The maximum atomic E-state index is 10.8. The molecular weight excluding hydrogens is 146 g/mol. The molecule has 2 rings (SSSR count). The SMILES string of the molecule is Nc1nc2n(n1)CCC(=O)N2. The van der Waals surface area contributed by atoms with Crippen molar-refractivity contribution in [1.29, 1.82) is 0 Å². The van der Waals surface area contributed by atoms with Gasteiger partial charge in [-0.3, -0.25) is 10.1 Å². The van der Waals surface area contributed by atoms with Crippen LogP contribution in [0.15, 0.2) is 0 Å². The van der Waals surface area contributed by atoms with E-state index in [2.05, 4.69) is 15.4 Å². The number of nitrogens with zero attached hydrogens (tertiary/aromatic N) is 3. The average molecular weight is 153 g/mol. The molecule has 1 aromatic heterocycles. The molecule has 0 bridgehead atoms. The van der Waals surface area contributed by atoms with Crippen molar-refractivity contribution in [3.05, 3.63) is 0 Å². The maximum absolute atomic E-state index is 10.8. The van der Waals surface area contributed by atoms with Crippen LogP contribution >= 0.6 is 0 Å². The minimum atomic E-state index is -0.0371. The van der Waals surface area contributed by atoms with E-state index in [0.717, 1.165) is 0 Å². The summed E-state index contributed by atoms with van der Waals surface area (Å²) in [5.41, 5.74) is 5.31. The number of aryl methyl sites for hydroxylation is 1. The number of carbonyl (C=O) groups is 1. The second-order valence-electron chi connectivity index (χ2n) is 2.31. The summed E-state index contributed by atoms with van der Waals surface area (Å²) in [6, 6.07) is 0. The Hall–Kier alpha value is -1.59. The van der Waals surface area contributed by atoms with Crippen LogP contribution in [0, 0.1) is 0 Å². The minimum Gasteiger partial charge on any atom is -0.366 e. The van der Waals surface area contributed by atoms with E-state index in [4.69, 9.17) is 5.73 Å². The van der Waals surface area contributed by atoms with Gasteiger partial charge < -0.3 is 5.73 Å². The highest BCUT2D eigenvalue weighted by atomic mass is 16.2. The fourth-order valence-electron chi connectivity index (χ4n) is 1.00. The predicted molar refractivity (Wildman–Crippen MR) is 37.7 cm³/mol. The van der Waals surface area contributed by atoms with E-state index in [-0.39, 0.29) is 11.9 Å². The Labute approximate surface area is 62.4 Å². The number of nitrogen functional groups attached to an aromatic ring is 1. The lowest BCUT2D eigenvalue weighted by Gasteiger charge is -2.11. The molecule has 0 saturated carbocycles. The van der Waals surface area contributed by atoms with Crippen LogP contribution in [0.25, 0.3) is 0 Å². The quantitative estimate of drug-likeness (QED) is 0.511. The molecule has 2 heterocycles. The molecule has 0 aromatic carbocycles. The third-order valence-corrected chi connectivity index (χ3v) is 1.49. The van der Waals surface area contributed by atoms with Gasteiger partial charge in [-0.1, -0.05) is 0 Å². The first-order valence-corrected chi connectivity index (χ1v) is 3.26. The van der Waals surface area contributed by atoms with Crippen LogP contribution in [0.3, 0.4) is 0 Å². The van der Waals surface area contributed by atoms with Crippen molar-refractivity contribution in [3.63, 3.8) is 0 Å². The Morgan fingerprint density at radius 2 is 2.45 bits per heavy atom. The number of fused-ring (bicyclic) bond motifs is 1. The Bertz CT molecular complexity index is 304. The highest BCUT2D eigenvalue weighted by Gasteiger charge is 2.16. The van der Waals surface area contributed by atoms with E-state index in [1.165, 1.54) is 0 Å². The van der Waals surface area contributed by atoms with E-state index in [0.29, 0.717) is 18.9 Å². The Morgan fingerprint density at radius 1 is 1.64 bits per heavy atom. The van der Waals surface area contributed by atoms with Crippen molar-refractivity contribution < 1.29 is 4.79 Å². The number of nitrogens with one attached hydrogen (secondary N) is 1. The van der Waals surface area contributed by atoms with Gasteiger partial charge in [0.25, 0.3) is 0 Å². The second kappa shape index (κ2) is 1.94. The van der Waals surface area contributed by atoms with Gasteiger partial charge in [0.1, 0.15) is 0 Å². The number of nitrogens with two attached hydrogens (primary N) is 1. The van der Waals surface area contributed by atoms with Crippen LogP contribution < -0.4 is 11.1 Å². The molecule has 0 aliphatic carbocycles. The summed E-state index contributed by atoms with van der Waals surface area (Å²) in [6.45, 7) is 0.561. The van der Waals surface area contributed by atoms with E-state index >= 15 is 0 Å². The standard InChI is InChI=1S/C5H7N5O/c6-4-8-5-7-3(11)1-2-10(5)9-4/h1-2H2,(H3,6,7,8,9,11).